The predicted molar refractivity (Wildman–Crippen MR) is 133 cm³/mol. The van der Waals surface area contributed by atoms with E-state index in [2.05, 4.69) is 27.4 Å². The molecule has 0 saturated heterocycles. The van der Waals surface area contributed by atoms with Gasteiger partial charge in [-0.3, -0.25) is 9.89 Å². The Morgan fingerprint density at radius 2 is 1.61 bits per heavy atom. The van der Waals surface area contributed by atoms with E-state index in [1.807, 2.05) is 0 Å². The van der Waals surface area contributed by atoms with Gasteiger partial charge in [-0.15, -0.1) is 0 Å². The van der Waals surface area contributed by atoms with Crippen LogP contribution in [0.5, 0.6) is 23.0 Å². The third kappa shape index (κ3) is 5.63. The van der Waals surface area contributed by atoms with Crippen LogP contribution in [0.1, 0.15) is 42.4 Å². The molecule has 10 nitrogen and oxygen atoms in total. The molecule has 0 aliphatic rings. The number of ketones is 1. The van der Waals surface area contributed by atoms with Gasteiger partial charge < -0.3 is 29.0 Å². The fraction of sp³-hybridized carbons (Fsp3) is 0.346. The van der Waals surface area contributed by atoms with Crippen molar-refractivity contribution < 1.29 is 33.3 Å². The third-order valence-corrected chi connectivity index (χ3v) is 5.00. The number of hydrogen-bond acceptors (Lipinski definition) is 8. The first-order valence-corrected chi connectivity index (χ1v) is 11.0. The van der Waals surface area contributed by atoms with E-state index >= 15 is 0 Å². The maximum atomic E-state index is 13.4. The summed E-state index contributed by atoms with van der Waals surface area (Å²) < 4.78 is 26.7. The molecule has 36 heavy (non-hydrogen) atoms. The lowest BCUT2D eigenvalue weighted by atomic mass is 10.0. The van der Waals surface area contributed by atoms with Gasteiger partial charge in [0.2, 0.25) is 11.5 Å². The Bertz CT molecular complexity index is 1320. The molecule has 0 spiro atoms. The molecule has 10 heteroatoms. The van der Waals surface area contributed by atoms with Gasteiger partial charge in [-0.2, -0.15) is 5.10 Å². The molecule has 0 aliphatic carbocycles. The Balaban J connectivity index is 1.96. The first-order chi connectivity index (χ1) is 17.1. The number of alkyl carbamates (subject to hydrolysis) is 1. The van der Waals surface area contributed by atoms with Crippen molar-refractivity contribution in [3.63, 3.8) is 0 Å². The molecule has 1 aromatic heterocycles. The molecule has 0 saturated carbocycles. The van der Waals surface area contributed by atoms with Crippen LogP contribution in [0.3, 0.4) is 0 Å². The van der Waals surface area contributed by atoms with Crippen LogP contribution in [0.2, 0.25) is 0 Å². The molecule has 3 rings (SSSR count). The smallest absolute Gasteiger partial charge is 0.408 e. The number of benzene rings is 2. The Labute approximate surface area is 209 Å². The SMILES string of the molecule is COc1cc(C(=O)c2n[nH]c3c(C#CCNC(=O)OC(C)(C)C)c(OC)ccc23)cc(OC)c1OC. The third-order valence-electron chi connectivity index (χ3n) is 5.00. The van der Waals surface area contributed by atoms with Crippen molar-refractivity contribution in [1.82, 2.24) is 15.5 Å². The van der Waals surface area contributed by atoms with E-state index in [1.54, 1.807) is 45.0 Å². The summed E-state index contributed by atoms with van der Waals surface area (Å²) in [4.78, 5) is 25.3. The van der Waals surface area contributed by atoms with Crippen LogP contribution < -0.4 is 24.3 Å². The number of nitrogens with one attached hydrogen (secondary N) is 2. The number of carbonyl (C=O) groups is 2. The molecule has 2 N–H and O–H groups in total. The van der Waals surface area contributed by atoms with Crippen molar-refractivity contribution in [2.75, 3.05) is 35.0 Å². The quantitative estimate of drug-likeness (QED) is 0.376. The van der Waals surface area contributed by atoms with Crippen molar-refractivity contribution in [2.45, 2.75) is 26.4 Å². The minimum atomic E-state index is -0.608. The van der Waals surface area contributed by atoms with Crippen LogP contribution in [0, 0.1) is 11.8 Å². The topological polar surface area (TPSA) is 121 Å². The molecular formula is C26H29N3O7. The zero-order chi connectivity index (χ0) is 26.5. The van der Waals surface area contributed by atoms with Crippen molar-refractivity contribution in [3.05, 3.63) is 41.1 Å². The highest BCUT2D eigenvalue weighted by molar-refractivity contribution is 6.16. The van der Waals surface area contributed by atoms with E-state index in [0.29, 0.717) is 45.0 Å². The van der Waals surface area contributed by atoms with Crippen LogP contribution in [0.25, 0.3) is 10.9 Å². The number of aromatic amines is 1. The minimum absolute atomic E-state index is 0.0554. The maximum absolute atomic E-state index is 13.4. The fourth-order valence-electron chi connectivity index (χ4n) is 3.45. The second kappa shape index (κ2) is 10.9. The fourth-order valence-corrected chi connectivity index (χ4v) is 3.45. The van der Waals surface area contributed by atoms with Crippen molar-refractivity contribution in [3.8, 4) is 34.8 Å². The highest BCUT2D eigenvalue weighted by Crippen LogP contribution is 2.39. The standard InChI is InChI=1S/C26H29N3O7/c1-26(2,3)36-25(31)27-12-8-9-16-18(32-4)11-10-17-21(16)28-29-22(17)23(30)15-13-19(33-5)24(35-7)20(14-15)34-6/h10-11,13-14H,12H2,1-7H3,(H,27,31)(H,28,29). The normalized spacial score (nSPS) is 10.8. The molecular weight excluding hydrogens is 466 g/mol. The number of H-pyrrole nitrogens is 1. The van der Waals surface area contributed by atoms with Crippen LogP contribution in [-0.4, -0.2) is 62.7 Å². The van der Waals surface area contributed by atoms with Crippen LogP contribution in [-0.2, 0) is 4.74 Å². The minimum Gasteiger partial charge on any atom is -0.495 e. The monoisotopic (exact) mass is 495 g/mol. The second-order valence-electron chi connectivity index (χ2n) is 8.54. The van der Waals surface area contributed by atoms with Gasteiger partial charge in [-0.1, -0.05) is 11.8 Å². The molecule has 0 fully saturated rings. The predicted octanol–water partition coefficient (Wildman–Crippen LogP) is 3.70. The maximum Gasteiger partial charge on any atom is 0.408 e. The zero-order valence-electron chi connectivity index (χ0n) is 21.3. The van der Waals surface area contributed by atoms with Gasteiger partial charge in [-0.05, 0) is 45.0 Å². The van der Waals surface area contributed by atoms with Gasteiger partial charge in [0.05, 0.1) is 46.1 Å². The zero-order valence-corrected chi connectivity index (χ0v) is 21.3. The number of aromatic nitrogens is 2. The lowest BCUT2D eigenvalue weighted by molar-refractivity contribution is 0.0535. The summed E-state index contributed by atoms with van der Waals surface area (Å²) in [5.41, 5.74) is 0.912. The lowest BCUT2D eigenvalue weighted by Crippen LogP contribution is -2.32. The molecule has 0 radical (unpaired) electrons. The summed E-state index contributed by atoms with van der Waals surface area (Å²) >= 11 is 0. The van der Waals surface area contributed by atoms with Gasteiger partial charge >= 0.3 is 6.09 Å². The van der Waals surface area contributed by atoms with Crippen LogP contribution >= 0.6 is 0 Å². The Morgan fingerprint density at radius 1 is 0.972 bits per heavy atom. The number of hydrogen-bond donors (Lipinski definition) is 2. The van der Waals surface area contributed by atoms with Gasteiger partial charge in [0, 0.05) is 10.9 Å². The first-order valence-electron chi connectivity index (χ1n) is 11.0. The molecule has 190 valence electrons. The van der Waals surface area contributed by atoms with Crippen molar-refractivity contribution in [1.29, 1.82) is 0 Å². The first kappa shape index (κ1) is 26.2. The molecule has 0 atom stereocenters. The molecule has 0 unspecified atom stereocenters. The summed E-state index contributed by atoms with van der Waals surface area (Å²) in [6.07, 6.45) is -0.568. The van der Waals surface area contributed by atoms with Gasteiger partial charge in [0.1, 0.15) is 17.0 Å². The largest absolute Gasteiger partial charge is 0.495 e. The number of amides is 1. The highest BCUT2D eigenvalue weighted by Gasteiger charge is 2.23. The molecule has 0 aliphatic heterocycles. The molecule has 3 aromatic rings. The van der Waals surface area contributed by atoms with Gasteiger partial charge in [-0.25, -0.2) is 4.79 Å². The number of ether oxygens (including phenoxy) is 5. The number of methoxy groups -OCH3 is 4. The number of fused-ring (bicyclic) bond motifs is 1. The Morgan fingerprint density at radius 3 is 2.17 bits per heavy atom. The Kier molecular flexibility index (Phi) is 7.94. The highest BCUT2D eigenvalue weighted by atomic mass is 16.6. The summed E-state index contributed by atoms with van der Waals surface area (Å²) in [7, 11) is 5.96. The van der Waals surface area contributed by atoms with E-state index in [-0.39, 0.29) is 18.0 Å². The van der Waals surface area contributed by atoms with E-state index in [4.69, 9.17) is 23.7 Å². The average Bonchev–Trinajstić information content (AvgIpc) is 3.28. The van der Waals surface area contributed by atoms with Gasteiger partial charge in [0.25, 0.3) is 0 Å². The molecule has 2 aromatic carbocycles. The van der Waals surface area contributed by atoms with E-state index in [1.165, 1.54) is 28.4 Å². The number of rotatable bonds is 7. The number of nitrogens with zero attached hydrogens (tertiary/aromatic N) is 1. The molecule has 0 bridgehead atoms. The average molecular weight is 496 g/mol. The van der Waals surface area contributed by atoms with E-state index < -0.39 is 11.7 Å². The van der Waals surface area contributed by atoms with Gasteiger partial charge in [0.15, 0.2) is 11.5 Å². The van der Waals surface area contributed by atoms with E-state index in [0.717, 1.165) is 0 Å². The summed E-state index contributed by atoms with van der Waals surface area (Å²) in [6, 6.07) is 6.57. The van der Waals surface area contributed by atoms with Crippen molar-refractivity contribution in [2.24, 2.45) is 0 Å². The van der Waals surface area contributed by atoms with E-state index in [9.17, 15) is 9.59 Å². The lowest BCUT2D eigenvalue weighted by Gasteiger charge is -2.19. The molecule has 1 heterocycles. The van der Waals surface area contributed by atoms with Crippen LogP contribution in [0.4, 0.5) is 4.79 Å². The molecule has 1 amide bonds. The number of carbonyl (C=O) groups excluding carboxylic acids is 2. The summed E-state index contributed by atoms with van der Waals surface area (Å²) in [5.74, 6) is 7.08. The summed E-state index contributed by atoms with van der Waals surface area (Å²) in [5, 5.41) is 10.3. The van der Waals surface area contributed by atoms with Crippen LogP contribution in [0.15, 0.2) is 24.3 Å². The van der Waals surface area contributed by atoms with Crippen molar-refractivity contribution >= 4 is 22.8 Å². The summed E-state index contributed by atoms with van der Waals surface area (Å²) in [6.45, 7) is 5.39. The second-order valence-corrected chi connectivity index (χ2v) is 8.54. The Hall–Kier alpha value is -4.39.